The molecule has 1 rings (SSSR count). The van der Waals surface area contributed by atoms with E-state index in [4.69, 9.17) is 15.1 Å². The molecule has 0 aliphatic heterocycles. The first-order valence-electron chi connectivity index (χ1n) is 6.61. The minimum atomic E-state index is -3.72. The summed E-state index contributed by atoms with van der Waals surface area (Å²) in [6.45, 7) is 0.985. The number of hydrogen-bond acceptors (Lipinski definition) is 6. The normalized spacial score (nSPS) is 11.6. The fourth-order valence-corrected chi connectivity index (χ4v) is 2.09. The van der Waals surface area contributed by atoms with Gasteiger partial charge in [0, 0.05) is 26.4 Å². The molecule has 0 unspecified atom stereocenters. The maximum absolute atomic E-state index is 11.7. The van der Waals surface area contributed by atoms with E-state index < -0.39 is 15.9 Å². The first kappa shape index (κ1) is 18.6. The van der Waals surface area contributed by atoms with Crippen molar-refractivity contribution in [3.8, 4) is 6.07 Å². The molecule has 0 saturated heterocycles. The number of rotatable bonds is 8. The van der Waals surface area contributed by atoms with Crippen LogP contribution < -0.4 is 15.8 Å². The number of sulfonamides is 1. The Morgan fingerprint density at radius 2 is 2.04 bits per heavy atom. The fourth-order valence-electron chi connectivity index (χ4n) is 1.58. The van der Waals surface area contributed by atoms with E-state index in [0.717, 1.165) is 5.56 Å². The number of hydrogen-bond donors (Lipinski definition) is 3. The molecule has 0 aromatic heterocycles. The van der Waals surface area contributed by atoms with Crippen LogP contribution in [0.25, 0.3) is 0 Å². The third kappa shape index (κ3) is 6.48. The number of benzene rings is 1. The van der Waals surface area contributed by atoms with Gasteiger partial charge in [0.2, 0.25) is 10.0 Å². The van der Waals surface area contributed by atoms with E-state index in [2.05, 4.69) is 10.6 Å². The number of amides is 1. The van der Waals surface area contributed by atoms with Crippen LogP contribution in [0.5, 0.6) is 0 Å². The van der Waals surface area contributed by atoms with Crippen LogP contribution in [-0.2, 0) is 26.1 Å². The van der Waals surface area contributed by atoms with Gasteiger partial charge in [-0.1, -0.05) is 12.1 Å². The van der Waals surface area contributed by atoms with E-state index in [0.29, 0.717) is 19.7 Å². The minimum Gasteiger partial charge on any atom is -0.386 e. The molecule has 23 heavy (non-hydrogen) atoms. The Morgan fingerprint density at radius 1 is 1.39 bits per heavy atom. The molecule has 9 heteroatoms. The van der Waals surface area contributed by atoms with Crippen LogP contribution in [0.4, 0.5) is 0 Å². The minimum absolute atomic E-state index is 0.0204. The van der Waals surface area contributed by atoms with Crippen LogP contribution in [0.3, 0.4) is 0 Å². The van der Waals surface area contributed by atoms with Crippen molar-refractivity contribution in [1.82, 2.24) is 10.6 Å². The van der Waals surface area contributed by atoms with E-state index in [9.17, 15) is 13.2 Å². The molecule has 0 bridgehead atoms. The Morgan fingerprint density at radius 3 is 2.57 bits per heavy atom. The van der Waals surface area contributed by atoms with E-state index >= 15 is 0 Å². The Bertz CT molecular complexity index is 705. The fraction of sp³-hybridized carbons (Fsp3) is 0.286. The van der Waals surface area contributed by atoms with E-state index in [-0.39, 0.29) is 10.5 Å². The third-order valence-corrected chi connectivity index (χ3v) is 3.69. The maximum Gasteiger partial charge on any atom is 0.263 e. The Labute approximate surface area is 135 Å². The summed E-state index contributed by atoms with van der Waals surface area (Å²) in [5.41, 5.74) is 0.702. The highest BCUT2D eigenvalue weighted by Crippen LogP contribution is 2.08. The van der Waals surface area contributed by atoms with Crippen molar-refractivity contribution >= 4 is 15.9 Å². The maximum atomic E-state index is 11.7. The highest BCUT2D eigenvalue weighted by Gasteiger charge is 2.08. The molecule has 0 spiro atoms. The number of carbonyl (C=O) groups excluding carboxylic acids is 1. The zero-order valence-corrected chi connectivity index (χ0v) is 13.4. The highest BCUT2D eigenvalue weighted by molar-refractivity contribution is 7.89. The quantitative estimate of drug-likeness (QED) is 0.335. The van der Waals surface area contributed by atoms with Crippen LogP contribution in [0, 0.1) is 11.3 Å². The van der Waals surface area contributed by atoms with Crippen LogP contribution in [0.1, 0.15) is 5.56 Å². The molecule has 8 nitrogen and oxygen atoms in total. The van der Waals surface area contributed by atoms with Crippen LogP contribution in [0.2, 0.25) is 0 Å². The van der Waals surface area contributed by atoms with Crippen molar-refractivity contribution in [2.45, 2.75) is 11.4 Å². The zero-order valence-electron chi connectivity index (χ0n) is 12.6. The summed E-state index contributed by atoms with van der Waals surface area (Å²) in [7, 11) is -2.21. The Kier molecular flexibility index (Phi) is 7.21. The summed E-state index contributed by atoms with van der Waals surface area (Å²) in [5.74, 6) is -0.498. The first-order chi connectivity index (χ1) is 10.9. The van der Waals surface area contributed by atoms with Gasteiger partial charge in [-0.15, -0.1) is 0 Å². The SMILES string of the molecule is COCCNC(=O)/C(C#N)=C\NCc1ccc(S(N)(=O)=O)cc1. The molecule has 1 aromatic carbocycles. The van der Waals surface area contributed by atoms with E-state index in [1.165, 1.54) is 25.4 Å². The number of nitrogens with one attached hydrogen (secondary N) is 2. The van der Waals surface area contributed by atoms with Gasteiger partial charge in [-0.3, -0.25) is 4.79 Å². The van der Waals surface area contributed by atoms with E-state index in [1.54, 1.807) is 18.2 Å². The van der Waals surface area contributed by atoms with E-state index in [1.807, 2.05) is 0 Å². The standard InChI is InChI=1S/C14H18N4O4S/c1-22-7-6-18-14(19)12(8-15)10-17-9-11-2-4-13(5-3-11)23(16,20)21/h2-5,10,17H,6-7,9H2,1H3,(H,18,19)(H2,16,20,21)/b12-10-. The predicted molar refractivity (Wildman–Crippen MR) is 83.2 cm³/mol. The summed E-state index contributed by atoms with van der Waals surface area (Å²) in [6, 6.07) is 7.75. The molecule has 0 atom stereocenters. The van der Waals surface area contributed by atoms with Gasteiger partial charge in [-0.2, -0.15) is 5.26 Å². The summed E-state index contributed by atoms with van der Waals surface area (Å²) in [6.07, 6.45) is 1.30. The second-order valence-electron chi connectivity index (χ2n) is 4.49. The molecular weight excluding hydrogens is 320 g/mol. The van der Waals surface area contributed by atoms with Gasteiger partial charge in [-0.05, 0) is 17.7 Å². The lowest BCUT2D eigenvalue weighted by Gasteiger charge is -2.05. The van der Waals surface area contributed by atoms with Crippen LogP contribution >= 0.6 is 0 Å². The molecule has 4 N–H and O–H groups in total. The van der Waals surface area contributed by atoms with Crippen molar-refractivity contribution in [2.24, 2.45) is 5.14 Å². The molecule has 1 aromatic rings. The molecule has 0 aliphatic carbocycles. The van der Waals surface area contributed by atoms with Gasteiger partial charge in [-0.25, -0.2) is 13.6 Å². The molecule has 0 aliphatic rings. The average Bonchev–Trinajstić information content (AvgIpc) is 2.51. The number of primary sulfonamides is 1. The van der Waals surface area contributed by atoms with Crippen LogP contribution in [-0.4, -0.2) is 34.6 Å². The number of nitrogens with two attached hydrogens (primary N) is 1. The smallest absolute Gasteiger partial charge is 0.263 e. The second-order valence-corrected chi connectivity index (χ2v) is 6.05. The van der Waals surface area contributed by atoms with Gasteiger partial charge >= 0.3 is 0 Å². The molecular formula is C14H18N4O4S. The lowest BCUT2D eigenvalue weighted by molar-refractivity contribution is -0.117. The van der Waals surface area contributed by atoms with Crippen molar-refractivity contribution < 1.29 is 17.9 Å². The highest BCUT2D eigenvalue weighted by atomic mass is 32.2. The van der Waals surface area contributed by atoms with Crippen molar-refractivity contribution in [3.63, 3.8) is 0 Å². The number of methoxy groups -OCH3 is 1. The van der Waals surface area contributed by atoms with Gasteiger partial charge in [0.15, 0.2) is 0 Å². The van der Waals surface area contributed by atoms with Crippen molar-refractivity contribution in [2.75, 3.05) is 20.3 Å². The molecule has 1 amide bonds. The number of carbonyl (C=O) groups is 1. The molecule has 0 radical (unpaired) electrons. The Balaban J connectivity index is 2.59. The topological polar surface area (TPSA) is 134 Å². The predicted octanol–water partition coefficient (Wildman–Crippen LogP) is -0.406. The number of nitrogens with zero attached hydrogens (tertiary/aromatic N) is 1. The van der Waals surface area contributed by atoms with Gasteiger partial charge in [0.05, 0.1) is 11.5 Å². The lowest BCUT2D eigenvalue weighted by atomic mass is 10.2. The molecule has 0 saturated carbocycles. The average molecular weight is 338 g/mol. The second kappa shape index (κ2) is 8.89. The van der Waals surface area contributed by atoms with Crippen LogP contribution in [0.15, 0.2) is 40.9 Å². The third-order valence-electron chi connectivity index (χ3n) is 2.76. The Hall–Kier alpha value is -2.41. The summed E-state index contributed by atoms with van der Waals surface area (Å²) in [5, 5.41) is 19.3. The zero-order chi connectivity index (χ0) is 17.3. The summed E-state index contributed by atoms with van der Waals surface area (Å²) < 4.78 is 27.1. The largest absolute Gasteiger partial charge is 0.386 e. The molecule has 0 heterocycles. The van der Waals surface area contributed by atoms with Gasteiger partial charge < -0.3 is 15.4 Å². The molecule has 124 valence electrons. The van der Waals surface area contributed by atoms with Gasteiger partial charge in [0.25, 0.3) is 5.91 Å². The summed E-state index contributed by atoms with van der Waals surface area (Å²) >= 11 is 0. The number of ether oxygens (including phenoxy) is 1. The first-order valence-corrected chi connectivity index (χ1v) is 8.15. The summed E-state index contributed by atoms with van der Waals surface area (Å²) in [4.78, 5) is 11.7. The lowest BCUT2D eigenvalue weighted by Crippen LogP contribution is -2.28. The number of nitriles is 1. The van der Waals surface area contributed by atoms with Crippen molar-refractivity contribution in [3.05, 3.63) is 41.6 Å². The van der Waals surface area contributed by atoms with Crippen molar-refractivity contribution in [1.29, 1.82) is 5.26 Å². The monoisotopic (exact) mass is 338 g/mol. The van der Waals surface area contributed by atoms with Gasteiger partial charge in [0.1, 0.15) is 11.6 Å². The molecule has 0 fully saturated rings.